The van der Waals surface area contributed by atoms with Gasteiger partial charge in [-0.25, -0.2) is 9.18 Å². The van der Waals surface area contributed by atoms with Crippen LogP contribution in [0.3, 0.4) is 0 Å². The van der Waals surface area contributed by atoms with E-state index in [-0.39, 0.29) is 11.3 Å². The lowest BCUT2D eigenvalue weighted by molar-refractivity contribution is -0.130. The molecule has 0 saturated carbocycles. The highest BCUT2D eigenvalue weighted by Crippen LogP contribution is 2.24. The lowest BCUT2D eigenvalue weighted by Crippen LogP contribution is -2.44. The van der Waals surface area contributed by atoms with Gasteiger partial charge in [0.2, 0.25) is 0 Å². The summed E-state index contributed by atoms with van der Waals surface area (Å²) in [6, 6.07) is 12.8. The van der Waals surface area contributed by atoms with Crippen LogP contribution in [0.1, 0.15) is 29.3 Å². The smallest absolute Gasteiger partial charge is 0.325 e. The quantitative estimate of drug-likeness (QED) is 0.588. The molecule has 0 unspecified atom stereocenters. The first-order chi connectivity index (χ1) is 13.3. The van der Waals surface area contributed by atoms with Crippen molar-refractivity contribution in [3.05, 3.63) is 65.5 Å². The molecule has 3 amide bonds. The van der Waals surface area contributed by atoms with Crippen molar-refractivity contribution in [2.45, 2.75) is 25.3 Å². The lowest BCUT2D eigenvalue weighted by Gasteiger charge is -2.21. The number of benzene rings is 2. The van der Waals surface area contributed by atoms with Crippen LogP contribution in [0.15, 0.2) is 48.5 Å². The summed E-state index contributed by atoms with van der Waals surface area (Å²) in [6.45, 7) is 1.20. The average Bonchev–Trinajstić information content (AvgIpc) is 2.90. The number of urea groups is 1. The third-order valence-electron chi connectivity index (χ3n) is 4.88. The highest BCUT2D eigenvalue weighted by molar-refractivity contribution is 6.11. The number of ether oxygens (including phenoxy) is 1. The van der Waals surface area contributed by atoms with Crippen molar-refractivity contribution in [2.24, 2.45) is 0 Å². The summed E-state index contributed by atoms with van der Waals surface area (Å²) in [7, 11) is 1.32. The van der Waals surface area contributed by atoms with E-state index in [1.807, 2.05) is 30.3 Å². The second-order valence-corrected chi connectivity index (χ2v) is 6.91. The molecule has 1 aliphatic rings. The van der Waals surface area contributed by atoms with Gasteiger partial charge in [0.05, 0.1) is 13.7 Å². The molecule has 1 fully saturated rings. The molecule has 1 atom stereocenters. The Balaban J connectivity index is 1.69. The van der Waals surface area contributed by atoms with Gasteiger partial charge in [-0.05, 0) is 43.5 Å². The molecule has 28 heavy (non-hydrogen) atoms. The Bertz CT molecular complexity index is 916. The SMILES string of the molecule is COc1ccc(C(=O)CN2C(=O)N[C@@](C)(CCc3ccccc3)C2=O)cc1F. The zero-order chi connectivity index (χ0) is 20.3. The van der Waals surface area contributed by atoms with Crippen LogP contribution in [-0.2, 0) is 11.2 Å². The number of carbonyl (C=O) groups is 3. The van der Waals surface area contributed by atoms with Gasteiger partial charge in [0.1, 0.15) is 5.54 Å². The molecular weight excluding hydrogens is 363 g/mol. The maximum absolute atomic E-state index is 13.8. The Morgan fingerprint density at radius 1 is 1.18 bits per heavy atom. The Hall–Kier alpha value is -3.22. The van der Waals surface area contributed by atoms with E-state index in [0.717, 1.165) is 16.5 Å². The Kier molecular flexibility index (Phi) is 5.44. The third kappa shape index (κ3) is 3.88. The normalized spacial score (nSPS) is 18.9. The number of nitrogens with zero attached hydrogens (tertiary/aromatic N) is 1. The van der Waals surface area contributed by atoms with Crippen LogP contribution in [0.25, 0.3) is 0 Å². The second kappa shape index (κ2) is 7.80. The maximum atomic E-state index is 13.8. The van der Waals surface area contributed by atoms with Crippen LogP contribution in [0.2, 0.25) is 0 Å². The van der Waals surface area contributed by atoms with Gasteiger partial charge >= 0.3 is 6.03 Å². The van der Waals surface area contributed by atoms with Gasteiger partial charge in [-0.3, -0.25) is 14.5 Å². The van der Waals surface area contributed by atoms with Crippen molar-refractivity contribution >= 4 is 17.7 Å². The van der Waals surface area contributed by atoms with Crippen LogP contribution in [0.4, 0.5) is 9.18 Å². The van der Waals surface area contributed by atoms with Gasteiger partial charge in [0.15, 0.2) is 17.3 Å². The molecule has 1 N–H and O–H groups in total. The third-order valence-corrected chi connectivity index (χ3v) is 4.88. The molecule has 6 nitrogen and oxygen atoms in total. The van der Waals surface area contributed by atoms with Crippen molar-refractivity contribution in [2.75, 3.05) is 13.7 Å². The number of hydrogen-bond acceptors (Lipinski definition) is 4. The van der Waals surface area contributed by atoms with E-state index in [1.54, 1.807) is 6.92 Å². The summed E-state index contributed by atoms with van der Waals surface area (Å²) in [4.78, 5) is 38.4. The van der Waals surface area contributed by atoms with E-state index >= 15 is 0 Å². The Morgan fingerprint density at radius 2 is 1.89 bits per heavy atom. The predicted molar refractivity (Wildman–Crippen MR) is 101 cm³/mol. The fourth-order valence-electron chi connectivity index (χ4n) is 3.17. The van der Waals surface area contributed by atoms with E-state index in [2.05, 4.69) is 5.32 Å². The van der Waals surface area contributed by atoms with Gasteiger partial charge in [0.25, 0.3) is 5.91 Å². The summed E-state index contributed by atoms with van der Waals surface area (Å²) >= 11 is 0. The molecule has 2 aromatic carbocycles. The van der Waals surface area contributed by atoms with Crippen LogP contribution in [0.5, 0.6) is 5.75 Å². The summed E-state index contributed by atoms with van der Waals surface area (Å²) in [5, 5.41) is 2.68. The lowest BCUT2D eigenvalue weighted by atomic mass is 9.93. The van der Waals surface area contributed by atoms with Gasteiger partial charge in [-0.1, -0.05) is 30.3 Å². The molecule has 7 heteroatoms. The van der Waals surface area contributed by atoms with Crippen LogP contribution >= 0.6 is 0 Å². The van der Waals surface area contributed by atoms with Gasteiger partial charge in [-0.15, -0.1) is 0 Å². The standard InChI is InChI=1S/C21H21FN2O4/c1-21(11-10-14-6-4-3-5-7-14)19(26)24(20(27)23-21)13-17(25)15-8-9-18(28-2)16(22)12-15/h3-9,12H,10-11,13H2,1-2H3,(H,23,27)/t21-/m0/s1. The minimum Gasteiger partial charge on any atom is -0.494 e. The number of imide groups is 1. The first-order valence-corrected chi connectivity index (χ1v) is 8.89. The predicted octanol–water partition coefficient (Wildman–Crippen LogP) is 2.96. The zero-order valence-corrected chi connectivity index (χ0v) is 15.7. The fourth-order valence-corrected chi connectivity index (χ4v) is 3.17. The monoisotopic (exact) mass is 384 g/mol. The largest absolute Gasteiger partial charge is 0.494 e. The first-order valence-electron chi connectivity index (χ1n) is 8.89. The van der Waals surface area contributed by atoms with E-state index < -0.39 is 35.6 Å². The van der Waals surface area contributed by atoms with Crippen LogP contribution < -0.4 is 10.1 Å². The van der Waals surface area contributed by atoms with Crippen LogP contribution in [-0.4, -0.2) is 41.8 Å². The number of Topliss-reactive ketones (excluding diaryl/α,β-unsaturated/α-hetero) is 1. The van der Waals surface area contributed by atoms with Crippen molar-refractivity contribution in [3.63, 3.8) is 0 Å². The van der Waals surface area contributed by atoms with E-state index in [4.69, 9.17) is 4.74 Å². The van der Waals surface area contributed by atoms with E-state index in [0.29, 0.717) is 12.8 Å². The second-order valence-electron chi connectivity index (χ2n) is 6.91. The summed E-state index contributed by atoms with van der Waals surface area (Å²) < 4.78 is 18.6. The highest BCUT2D eigenvalue weighted by Gasteiger charge is 2.47. The number of ketones is 1. The molecule has 1 aliphatic heterocycles. The molecule has 0 spiro atoms. The van der Waals surface area contributed by atoms with Gasteiger partial charge in [0, 0.05) is 5.56 Å². The molecule has 1 heterocycles. The van der Waals surface area contributed by atoms with Crippen LogP contribution in [0, 0.1) is 5.82 Å². The number of rotatable bonds is 7. The number of methoxy groups -OCH3 is 1. The number of carbonyl (C=O) groups excluding carboxylic acids is 3. The fraction of sp³-hybridized carbons (Fsp3) is 0.286. The van der Waals surface area contributed by atoms with Crippen molar-refractivity contribution < 1.29 is 23.5 Å². The minimum atomic E-state index is -1.08. The minimum absolute atomic E-state index is 0.0139. The zero-order valence-electron chi connectivity index (χ0n) is 15.7. The van der Waals surface area contributed by atoms with E-state index in [1.165, 1.54) is 19.2 Å². The van der Waals surface area contributed by atoms with Crippen molar-refractivity contribution in [1.29, 1.82) is 0 Å². The Labute approximate surface area is 162 Å². The summed E-state index contributed by atoms with van der Waals surface area (Å²) in [6.07, 6.45) is 1.01. The number of hydrogen-bond donors (Lipinski definition) is 1. The number of nitrogens with one attached hydrogen (secondary N) is 1. The van der Waals surface area contributed by atoms with Gasteiger partial charge in [-0.2, -0.15) is 0 Å². The number of amides is 3. The van der Waals surface area contributed by atoms with E-state index in [9.17, 15) is 18.8 Å². The summed E-state index contributed by atoms with van der Waals surface area (Å²) in [5.41, 5.74) is 0.0315. The molecular formula is C21H21FN2O4. The Morgan fingerprint density at radius 3 is 2.54 bits per heavy atom. The topological polar surface area (TPSA) is 75.7 Å². The molecule has 0 aromatic heterocycles. The molecule has 3 rings (SSSR count). The molecule has 2 aromatic rings. The van der Waals surface area contributed by atoms with Crippen molar-refractivity contribution in [1.82, 2.24) is 10.2 Å². The molecule has 146 valence electrons. The maximum Gasteiger partial charge on any atom is 0.325 e. The number of aryl methyl sites for hydroxylation is 1. The average molecular weight is 384 g/mol. The molecule has 0 radical (unpaired) electrons. The molecule has 0 bridgehead atoms. The first kappa shape index (κ1) is 19.5. The summed E-state index contributed by atoms with van der Waals surface area (Å²) in [5.74, 6) is -1.66. The highest BCUT2D eigenvalue weighted by atomic mass is 19.1. The van der Waals surface area contributed by atoms with Crippen molar-refractivity contribution in [3.8, 4) is 5.75 Å². The van der Waals surface area contributed by atoms with Gasteiger partial charge < -0.3 is 10.1 Å². The molecule has 1 saturated heterocycles. The molecule has 0 aliphatic carbocycles. The number of halogens is 1.